The summed E-state index contributed by atoms with van der Waals surface area (Å²) >= 11 is 0. The highest BCUT2D eigenvalue weighted by Gasteiger charge is 2.31. The number of ether oxygens (including phenoxy) is 3. The predicted molar refractivity (Wildman–Crippen MR) is 289 cm³/mol. The number of likely N-dealkylation sites (N-methyl/N-ethyl adjacent to an activating group) is 1. The fourth-order valence-corrected chi connectivity index (χ4v) is 8.12. The quantitative estimate of drug-likeness (QED) is 0.0281. The van der Waals surface area contributed by atoms with Gasteiger partial charge in [0.05, 0.1) is 34.4 Å². The Morgan fingerprint density at radius 2 is 0.779 bits per heavy atom. The maximum atomic E-state index is 12.8. The SMILES string of the molecule is CC/C=C/C/C=C/C/C=C/CCCCCCCCCCCCCCCC(=O)OCC(COCCC(C(=O)O)[N+](C)(C)C)OC(=O)CCCCCCCCCCCCC/C=C/C/C=C/C/C=C/CC. The molecule has 2 unspecified atom stereocenters. The second-order valence-corrected chi connectivity index (χ2v) is 19.8. The molecule has 0 radical (unpaired) electrons. The van der Waals surface area contributed by atoms with Gasteiger partial charge in [0.15, 0.2) is 12.1 Å². The highest BCUT2D eigenvalue weighted by Crippen LogP contribution is 2.16. The maximum absolute atomic E-state index is 12.8. The Bertz CT molecular complexity index is 1340. The maximum Gasteiger partial charge on any atom is 0.362 e. The zero-order chi connectivity index (χ0) is 49.9. The Hall–Kier alpha value is -3.23. The Labute approximate surface area is 419 Å². The second kappa shape index (κ2) is 50.2. The zero-order valence-corrected chi connectivity index (χ0v) is 44.8. The number of allylic oxidation sites excluding steroid dienone is 12. The molecular weight excluding hydrogens is 847 g/mol. The smallest absolute Gasteiger partial charge is 0.362 e. The van der Waals surface area contributed by atoms with Crippen molar-refractivity contribution in [3.05, 3.63) is 72.9 Å². The molecule has 1 N–H and O–H groups in total. The van der Waals surface area contributed by atoms with Crippen molar-refractivity contribution in [1.29, 1.82) is 0 Å². The third-order valence-electron chi connectivity index (χ3n) is 12.4. The molecule has 0 bridgehead atoms. The van der Waals surface area contributed by atoms with Gasteiger partial charge in [-0.15, -0.1) is 0 Å². The lowest BCUT2D eigenvalue weighted by Crippen LogP contribution is -2.50. The summed E-state index contributed by atoms with van der Waals surface area (Å²) in [7, 11) is 5.54. The van der Waals surface area contributed by atoms with Gasteiger partial charge >= 0.3 is 17.9 Å². The number of quaternary nitrogens is 1. The summed E-state index contributed by atoms with van der Waals surface area (Å²) in [6, 6.07) is -0.618. The molecule has 8 nitrogen and oxygen atoms in total. The predicted octanol–water partition coefficient (Wildman–Crippen LogP) is 16.6. The number of hydrogen-bond acceptors (Lipinski definition) is 6. The number of esters is 2. The van der Waals surface area contributed by atoms with Crippen molar-refractivity contribution in [2.75, 3.05) is 41.0 Å². The molecular formula is C60H106NO7+. The summed E-state index contributed by atoms with van der Waals surface area (Å²) in [4.78, 5) is 37.3. The van der Waals surface area contributed by atoms with Gasteiger partial charge in [0.2, 0.25) is 0 Å². The lowest BCUT2D eigenvalue weighted by Gasteiger charge is -2.31. The first-order valence-corrected chi connectivity index (χ1v) is 28.0. The molecule has 0 amide bonds. The van der Waals surface area contributed by atoms with Crippen molar-refractivity contribution < 1.29 is 38.2 Å². The van der Waals surface area contributed by atoms with Crippen molar-refractivity contribution >= 4 is 17.9 Å². The van der Waals surface area contributed by atoms with Crippen LogP contribution in [0.25, 0.3) is 0 Å². The number of rotatable bonds is 50. The molecule has 0 aliphatic heterocycles. The van der Waals surface area contributed by atoms with Crippen molar-refractivity contribution in [3.8, 4) is 0 Å². The Balaban J connectivity index is 4.17. The second-order valence-electron chi connectivity index (χ2n) is 19.8. The van der Waals surface area contributed by atoms with E-state index >= 15 is 0 Å². The largest absolute Gasteiger partial charge is 0.477 e. The molecule has 0 aliphatic carbocycles. The minimum absolute atomic E-state index is 0.0537. The normalized spacial score (nSPS) is 13.4. The fraction of sp³-hybridized carbons (Fsp3) is 0.750. The zero-order valence-electron chi connectivity index (χ0n) is 44.8. The Morgan fingerprint density at radius 3 is 1.15 bits per heavy atom. The lowest BCUT2D eigenvalue weighted by molar-refractivity contribution is -0.887. The van der Waals surface area contributed by atoms with E-state index in [1.165, 1.54) is 128 Å². The van der Waals surface area contributed by atoms with Crippen LogP contribution in [0.15, 0.2) is 72.9 Å². The molecule has 0 aromatic carbocycles. The van der Waals surface area contributed by atoms with E-state index in [4.69, 9.17) is 14.2 Å². The molecule has 0 spiro atoms. The van der Waals surface area contributed by atoms with E-state index in [0.29, 0.717) is 19.3 Å². The van der Waals surface area contributed by atoms with Crippen LogP contribution in [0.1, 0.15) is 239 Å². The van der Waals surface area contributed by atoms with Crippen LogP contribution in [0.2, 0.25) is 0 Å². The Morgan fingerprint density at radius 1 is 0.441 bits per heavy atom. The summed E-state index contributed by atoms with van der Waals surface area (Å²) in [5, 5.41) is 9.68. The van der Waals surface area contributed by atoms with Crippen LogP contribution in [0, 0.1) is 0 Å². The molecule has 392 valence electrons. The third-order valence-corrected chi connectivity index (χ3v) is 12.4. The summed E-state index contributed by atoms with van der Waals surface area (Å²) in [6.07, 6.45) is 65.3. The molecule has 0 saturated carbocycles. The first kappa shape index (κ1) is 64.8. The first-order valence-electron chi connectivity index (χ1n) is 28.0. The van der Waals surface area contributed by atoms with Gasteiger partial charge in [-0.2, -0.15) is 0 Å². The third kappa shape index (κ3) is 47.8. The van der Waals surface area contributed by atoms with Crippen LogP contribution >= 0.6 is 0 Å². The van der Waals surface area contributed by atoms with Crippen LogP contribution in [-0.4, -0.2) is 80.6 Å². The number of hydrogen-bond donors (Lipinski definition) is 1. The number of aliphatic carboxylic acids is 1. The number of carbonyl (C=O) groups excluding carboxylic acids is 2. The molecule has 8 heteroatoms. The van der Waals surface area contributed by atoms with Crippen molar-refractivity contribution in [2.45, 2.75) is 251 Å². The summed E-state index contributed by atoms with van der Waals surface area (Å²) in [6.45, 7) is 4.54. The van der Waals surface area contributed by atoms with E-state index < -0.39 is 18.1 Å². The first-order chi connectivity index (χ1) is 33.1. The minimum Gasteiger partial charge on any atom is -0.477 e. The van der Waals surface area contributed by atoms with E-state index in [9.17, 15) is 19.5 Å². The van der Waals surface area contributed by atoms with Gasteiger partial charge in [-0.1, -0.05) is 215 Å². The highest BCUT2D eigenvalue weighted by atomic mass is 16.6. The van der Waals surface area contributed by atoms with Crippen molar-refractivity contribution in [1.82, 2.24) is 0 Å². The monoisotopic (exact) mass is 953 g/mol. The van der Waals surface area contributed by atoms with Crippen molar-refractivity contribution in [2.24, 2.45) is 0 Å². The molecule has 0 aromatic heterocycles. The van der Waals surface area contributed by atoms with Gasteiger partial charge in [0, 0.05) is 19.3 Å². The van der Waals surface area contributed by atoms with Crippen LogP contribution in [0.3, 0.4) is 0 Å². The molecule has 0 aliphatic rings. The lowest BCUT2D eigenvalue weighted by atomic mass is 10.0. The van der Waals surface area contributed by atoms with Gasteiger partial charge in [0.25, 0.3) is 0 Å². The average Bonchev–Trinajstić information content (AvgIpc) is 3.30. The van der Waals surface area contributed by atoms with Crippen molar-refractivity contribution in [3.63, 3.8) is 0 Å². The van der Waals surface area contributed by atoms with Crippen LogP contribution < -0.4 is 0 Å². The van der Waals surface area contributed by atoms with Gasteiger partial charge < -0.3 is 23.8 Å². The van der Waals surface area contributed by atoms with Gasteiger partial charge in [0.1, 0.15) is 6.61 Å². The summed E-state index contributed by atoms with van der Waals surface area (Å²) in [5.41, 5.74) is 0. The standard InChI is InChI=1S/C60H105NO7/c1-6-8-10-12-14-16-18-20-22-24-26-28-29-31-32-34-36-38-40-42-44-46-48-50-58(62)67-55-56(54-66-53-52-57(60(64)65)61(3,4)5)68-59(63)51-49-47-45-43-41-39-37-35-33-30-27-25-23-21-19-17-15-13-11-9-7-2/h8-11,14-17,20-23,56-57H,6-7,12-13,18-19,24-55H2,1-5H3/p+1/b10-8+,11-9+,16-14+,17-15+,22-20+,23-21+. The number of carboxylic acid groups (broad SMARTS) is 1. The Kier molecular flexibility index (Phi) is 47.8. The molecule has 0 fully saturated rings. The van der Waals surface area contributed by atoms with Crippen LogP contribution in [-0.2, 0) is 28.6 Å². The molecule has 2 atom stereocenters. The number of unbranched alkanes of at least 4 members (excludes halogenated alkanes) is 24. The minimum atomic E-state index is -0.875. The number of carbonyl (C=O) groups is 3. The summed E-state index contributed by atoms with van der Waals surface area (Å²) < 4.78 is 17.4. The molecule has 0 rings (SSSR count). The van der Waals surface area contributed by atoms with Gasteiger partial charge in [-0.25, -0.2) is 4.79 Å². The van der Waals surface area contributed by atoms with E-state index in [-0.39, 0.29) is 36.2 Å². The van der Waals surface area contributed by atoms with E-state index in [0.717, 1.165) is 77.0 Å². The number of carboxylic acids is 1. The number of nitrogens with zero attached hydrogens (tertiary/aromatic N) is 1. The fourth-order valence-electron chi connectivity index (χ4n) is 8.12. The topological polar surface area (TPSA) is 99.1 Å². The van der Waals surface area contributed by atoms with E-state index in [1.54, 1.807) is 0 Å². The van der Waals surface area contributed by atoms with E-state index in [2.05, 4.69) is 86.8 Å². The molecule has 0 aromatic rings. The van der Waals surface area contributed by atoms with Crippen LogP contribution in [0.4, 0.5) is 0 Å². The van der Waals surface area contributed by atoms with Gasteiger partial charge in [-0.3, -0.25) is 9.59 Å². The highest BCUT2D eigenvalue weighted by molar-refractivity contribution is 5.72. The average molecular weight is 954 g/mol. The molecule has 68 heavy (non-hydrogen) atoms. The molecule has 0 heterocycles. The summed E-state index contributed by atoms with van der Waals surface area (Å²) in [5.74, 6) is -1.47. The van der Waals surface area contributed by atoms with E-state index in [1.807, 2.05) is 21.1 Å². The van der Waals surface area contributed by atoms with Crippen LogP contribution in [0.5, 0.6) is 0 Å². The molecule has 0 saturated heterocycles. The van der Waals surface area contributed by atoms with Gasteiger partial charge in [-0.05, 0) is 77.0 Å².